The van der Waals surface area contributed by atoms with Crippen molar-refractivity contribution in [3.8, 4) is 5.75 Å². The number of carbonyl (C=O) groups excluding carboxylic acids is 1. The van der Waals surface area contributed by atoms with Gasteiger partial charge in [0.2, 0.25) is 0 Å². The van der Waals surface area contributed by atoms with Gasteiger partial charge in [0, 0.05) is 70.1 Å². The van der Waals surface area contributed by atoms with Gasteiger partial charge in [0.05, 0.1) is 0 Å². The number of nitrogens with one attached hydrogen (secondary N) is 2. The molecule has 0 spiro atoms. The monoisotopic (exact) mass is 443 g/mol. The zero-order valence-electron chi connectivity index (χ0n) is 19.9. The normalized spacial score (nSPS) is 22.0. The maximum Gasteiger partial charge on any atom is 0.319 e. The van der Waals surface area contributed by atoms with Gasteiger partial charge in [0.1, 0.15) is 11.9 Å². The van der Waals surface area contributed by atoms with Crippen molar-refractivity contribution in [3.05, 3.63) is 24.3 Å². The molecule has 2 aliphatic heterocycles. The number of ether oxygens (including phenoxy) is 1. The van der Waals surface area contributed by atoms with Crippen LogP contribution in [-0.2, 0) is 0 Å². The predicted octanol–water partition coefficient (Wildman–Crippen LogP) is 3.23. The molecule has 1 aromatic rings. The fourth-order valence-corrected chi connectivity index (χ4v) is 4.93. The second kappa shape index (κ2) is 11.3. The molecular formula is C25H41N5O2. The van der Waals surface area contributed by atoms with Crippen molar-refractivity contribution in [2.45, 2.75) is 64.1 Å². The number of hydrogen-bond donors (Lipinski definition) is 2. The molecule has 3 fully saturated rings. The van der Waals surface area contributed by atoms with E-state index < -0.39 is 0 Å². The van der Waals surface area contributed by atoms with E-state index in [1.807, 2.05) is 24.3 Å². The molecule has 0 atom stereocenters. The zero-order chi connectivity index (χ0) is 22.3. The number of benzene rings is 1. The smallest absolute Gasteiger partial charge is 0.319 e. The first kappa shape index (κ1) is 23.3. The molecule has 1 aliphatic carbocycles. The van der Waals surface area contributed by atoms with Crippen LogP contribution in [0.2, 0.25) is 0 Å². The summed E-state index contributed by atoms with van der Waals surface area (Å²) >= 11 is 0. The number of carbonyl (C=O) groups is 1. The third kappa shape index (κ3) is 6.59. The second-order valence-electron chi connectivity index (χ2n) is 9.81. The molecule has 2 amide bonds. The van der Waals surface area contributed by atoms with Crippen LogP contribution in [0, 0.1) is 0 Å². The highest BCUT2D eigenvalue weighted by atomic mass is 16.5. The molecule has 32 heavy (non-hydrogen) atoms. The molecule has 0 aromatic heterocycles. The van der Waals surface area contributed by atoms with E-state index in [2.05, 4.69) is 39.2 Å². The SMILES string of the molecule is CC(C)N1CCN(CCNC(=O)Nc2ccc(OC3CCN(C4CCC4)CC3)cc2)CC1. The number of urea groups is 1. The summed E-state index contributed by atoms with van der Waals surface area (Å²) in [5, 5.41) is 5.90. The number of hydrogen-bond acceptors (Lipinski definition) is 5. The Kier molecular flexibility index (Phi) is 8.27. The Morgan fingerprint density at radius 1 is 1.00 bits per heavy atom. The standard InChI is InChI=1S/C25H41N5O2/c1-20(2)29-18-16-28(17-19-29)15-12-26-25(31)27-21-6-8-23(9-7-21)32-24-10-13-30(14-11-24)22-4-3-5-22/h6-9,20,22,24H,3-5,10-19H2,1-2H3,(H2,26,27,31). The number of amides is 2. The van der Waals surface area contributed by atoms with Crippen LogP contribution in [0.3, 0.4) is 0 Å². The Balaban J connectivity index is 1.11. The summed E-state index contributed by atoms with van der Waals surface area (Å²) in [6, 6.07) is 9.06. The van der Waals surface area contributed by atoms with Crippen molar-refractivity contribution in [3.63, 3.8) is 0 Å². The van der Waals surface area contributed by atoms with Crippen LogP contribution in [0.4, 0.5) is 10.5 Å². The number of likely N-dealkylation sites (tertiary alicyclic amines) is 1. The Hall–Kier alpha value is -1.83. The first-order chi connectivity index (χ1) is 15.6. The van der Waals surface area contributed by atoms with Crippen molar-refractivity contribution in [2.24, 2.45) is 0 Å². The van der Waals surface area contributed by atoms with E-state index in [9.17, 15) is 4.79 Å². The van der Waals surface area contributed by atoms with Gasteiger partial charge in [-0.15, -0.1) is 0 Å². The third-order valence-corrected chi connectivity index (χ3v) is 7.33. The molecule has 0 unspecified atom stereocenters. The minimum Gasteiger partial charge on any atom is -0.490 e. The Morgan fingerprint density at radius 3 is 2.28 bits per heavy atom. The fraction of sp³-hybridized carbons (Fsp3) is 0.720. The van der Waals surface area contributed by atoms with Gasteiger partial charge in [-0.1, -0.05) is 6.42 Å². The first-order valence-corrected chi connectivity index (χ1v) is 12.6. The average molecular weight is 444 g/mol. The van der Waals surface area contributed by atoms with E-state index in [1.165, 1.54) is 19.3 Å². The van der Waals surface area contributed by atoms with Gasteiger partial charge in [-0.3, -0.25) is 9.80 Å². The highest BCUT2D eigenvalue weighted by Gasteiger charge is 2.29. The van der Waals surface area contributed by atoms with Crippen LogP contribution in [0.5, 0.6) is 5.75 Å². The van der Waals surface area contributed by atoms with Crippen molar-refractivity contribution in [1.29, 1.82) is 0 Å². The van der Waals surface area contributed by atoms with E-state index in [0.717, 1.165) is 76.1 Å². The van der Waals surface area contributed by atoms with Crippen LogP contribution < -0.4 is 15.4 Å². The largest absolute Gasteiger partial charge is 0.490 e. The molecule has 1 aromatic carbocycles. The van der Waals surface area contributed by atoms with Gasteiger partial charge in [0.15, 0.2) is 0 Å². The quantitative estimate of drug-likeness (QED) is 0.646. The van der Waals surface area contributed by atoms with Gasteiger partial charge in [-0.25, -0.2) is 4.79 Å². The molecule has 4 rings (SSSR count). The lowest BCUT2D eigenvalue weighted by atomic mass is 9.90. The number of nitrogens with zero attached hydrogens (tertiary/aromatic N) is 3. The molecule has 178 valence electrons. The van der Waals surface area contributed by atoms with Crippen LogP contribution in [-0.4, -0.2) is 91.3 Å². The van der Waals surface area contributed by atoms with Gasteiger partial charge in [-0.2, -0.15) is 0 Å². The molecular weight excluding hydrogens is 402 g/mol. The summed E-state index contributed by atoms with van der Waals surface area (Å²) < 4.78 is 6.19. The summed E-state index contributed by atoms with van der Waals surface area (Å²) in [7, 11) is 0. The summed E-state index contributed by atoms with van der Waals surface area (Å²) in [6.45, 7) is 12.7. The maximum atomic E-state index is 12.2. The third-order valence-electron chi connectivity index (χ3n) is 7.33. The molecule has 0 radical (unpaired) electrons. The Labute approximate surface area is 193 Å². The molecule has 2 saturated heterocycles. The van der Waals surface area contributed by atoms with E-state index in [-0.39, 0.29) is 6.03 Å². The van der Waals surface area contributed by atoms with Crippen molar-refractivity contribution in [2.75, 3.05) is 57.7 Å². The van der Waals surface area contributed by atoms with E-state index >= 15 is 0 Å². The Morgan fingerprint density at radius 2 is 1.69 bits per heavy atom. The highest BCUT2D eigenvalue weighted by Crippen LogP contribution is 2.28. The number of piperazine rings is 1. The van der Waals surface area contributed by atoms with Crippen LogP contribution in [0.1, 0.15) is 46.0 Å². The van der Waals surface area contributed by atoms with Crippen molar-refractivity contribution < 1.29 is 9.53 Å². The highest BCUT2D eigenvalue weighted by molar-refractivity contribution is 5.89. The van der Waals surface area contributed by atoms with Crippen molar-refractivity contribution in [1.82, 2.24) is 20.0 Å². The lowest BCUT2D eigenvalue weighted by molar-refractivity contribution is 0.0493. The molecule has 0 bridgehead atoms. The topological polar surface area (TPSA) is 60.1 Å². The van der Waals surface area contributed by atoms with E-state index in [1.54, 1.807) is 0 Å². The average Bonchev–Trinajstić information content (AvgIpc) is 2.76. The number of piperidine rings is 1. The molecule has 7 nitrogen and oxygen atoms in total. The van der Waals surface area contributed by atoms with Crippen LogP contribution in [0.15, 0.2) is 24.3 Å². The van der Waals surface area contributed by atoms with E-state index in [4.69, 9.17) is 4.74 Å². The molecule has 3 aliphatic rings. The number of anilines is 1. The summed E-state index contributed by atoms with van der Waals surface area (Å²) in [5.74, 6) is 0.888. The van der Waals surface area contributed by atoms with Crippen LogP contribution in [0.25, 0.3) is 0 Å². The summed E-state index contributed by atoms with van der Waals surface area (Å²) in [6.07, 6.45) is 6.66. The minimum atomic E-state index is -0.150. The number of rotatable bonds is 8. The molecule has 1 saturated carbocycles. The first-order valence-electron chi connectivity index (χ1n) is 12.6. The zero-order valence-corrected chi connectivity index (χ0v) is 19.9. The Bertz CT molecular complexity index is 706. The molecule has 7 heteroatoms. The van der Waals surface area contributed by atoms with Gasteiger partial charge >= 0.3 is 6.03 Å². The van der Waals surface area contributed by atoms with Crippen LogP contribution >= 0.6 is 0 Å². The fourth-order valence-electron chi connectivity index (χ4n) is 4.93. The lowest BCUT2D eigenvalue weighted by Gasteiger charge is -2.41. The second-order valence-corrected chi connectivity index (χ2v) is 9.81. The summed E-state index contributed by atoms with van der Waals surface area (Å²) in [5.41, 5.74) is 0.792. The van der Waals surface area contributed by atoms with E-state index in [0.29, 0.717) is 18.7 Å². The molecule has 2 N–H and O–H groups in total. The van der Waals surface area contributed by atoms with Gasteiger partial charge in [0.25, 0.3) is 0 Å². The van der Waals surface area contributed by atoms with Crippen molar-refractivity contribution >= 4 is 11.7 Å². The lowest BCUT2D eigenvalue weighted by Crippen LogP contribution is -2.50. The predicted molar refractivity (Wildman–Crippen MR) is 129 cm³/mol. The molecule has 2 heterocycles. The van der Waals surface area contributed by atoms with Gasteiger partial charge in [-0.05, 0) is 63.8 Å². The maximum absolute atomic E-state index is 12.2. The minimum absolute atomic E-state index is 0.150. The summed E-state index contributed by atoms with van der Waals surface area (Å²) in [4.78, 5) is 19.8. The van der Waals surface area contributed by atoms with Gasteiger partial charge < -0.3 is 20.3 Å².